The number of rotatable bonds is 5. The van der Waals surface area contributed by atoms with E-state index in [1.54, 1.807) is 23.0 Å². The van der Waals surface area contributed by atoms with Crippen molar-refractivity contribution in [3.63, 3.8) is 0 Å². The van der Waals surface area contributed by atoms with E-state index in [1.807, 2.05) is 20.8 Å². The number of carbonyl (C=O) groups excluding carboxylic acids is 1. The van der Waals surface area contributed by atoms with Gasteiger partial charge < -0.3 is 5.32 Å². The van der Waals surface area contributed by atoms with E-state index < -0.39 is 0 Å². The number of carbonyl (C=O) groups is 1. The first-order chi connectivity index (χ1) is 12.0. The van der Waals surface area contributed by atoms with E-state index >= 15 is 0 Å². The van der Waals surface area contributed by atoms with Crippen LogP contribution in [0, 0.1) is 18.7 Å². The van der Waals surface area contributed by atoms with Crippen molar-refractivity contribution in [2.45, 2.75) is 27.2 Å². The van der Waals surface area contributed by atoms with Crippen LogP contribution in [0.1, 0.15) is 25.0 Å². The first-order valence-corrected chi connectivity index (χ1v) is 8.50. The Hall–Kier alpha value is -2.69. The summed E-state index contributed by atoms with van der Waals surface area (Å²) in [5, 5.41) is 8.31. The highest BCUT2D eigenvalue weighted by molar-refractivity contribution is 5.83. The maximum absolute atomic E-state index is 13.1. The minimum Gasteiger partial charge on any atom is -0.356 e. The Labute approximate surface area is 146 Å². The second kappa shape index (κ2) is 7.05. The van der Waals surface area contributed by atoms with Crippen molar-refractivity contribution in [1.82, 2.24) is 15.1 Å². The number of benzene rings is 2. The SMILES string of the molecule is CCNC(=O)C(C)Cc1cc2cnn(-c3ccc(F)cc3)c2cc1C. The fourth-order valence-electron chi connectivity index (χ4n) is 3.00. The van der Waals surface area contributed by atoms with Gasteiger partial charge in [-0.2, -0.15) is 5.10 Å². The molecular weight excluding hydrogens is 317 g/mol. The van der Waals surface area contributed by atoms with E-state index in [-0.39, 0.29) is 17.6 Å². The summed E-state index contributed by atoms with van der Waals surface area (Å²) in [5.74, 6) is -0.273. The van der Waals surface area contributed by atoms with Crippen LogP contribution in [-0.4, -0.2) is 22.2 Å². The number of nitrogens with one attached hydrogen (secondary N) is 1. The van der Waals surface area contributed by atoms with Crippen LogP contribution < -0.4 is 5.32 Å². The maximum atomic E-state index is 13.1. The van der Waals surface area contributed by atoms with E-state index in [0.717, 1.165) is 27.7 Å². The summed E-state index contributed by atoms with van der Waals surface area (Å²) in [6.07, 6.45) is 2.49. The minimum atomic E-state index is -0.266. The molecule has 0 fully saturated rings. The molecule has 0 bridgehead atoms. The van der Waals surface area contributed by atoms with Gasteiger partial charge in [0.15, 0.2) is 0 Å². The molecule has 0 aliphatic heterocycles. The molecule has 0 spiro atoms. The monoisotopic (exact) mass is 339 g/mol. The summed E-state index contributed by atoms with van der Waals surface area (Å²) in [6.45, 7) is 6.55. The van der Waals surface area contributed by atoms with Crippen molar-refractivity contribution in [1.29, 1.82) is 0 Å². The summed E-state index contributed by atoms with van der Waals surface area (Å²) >= 11 is 0. The highest BCUT2D eigenvalue weighted by Crippen LogP contribution is 2.24. The smallest absolute Gasteiger partial charge is 0.223 e. The number of aromatic nitrogens is 2. The molecule has 0 saturated heterocycles. The lowest BCUT2D eigenvalue weighted by molar-refractivity contribution is -0.124. The molecule has 0 radical (unpaired) electrons. The van der Waals surface area contributed by atoms with Gasteiger partial charge >= 0.3 is 0 Å². The van der Waals surface area contributed by atoms with E-state index in [2.05, 4.69) is 22.5 Å². The summed E-state index contributed by atoms with van der Waals surface area (Å²) in [6, 6.07) is 10.4. The summed E-state index contributed by atoms with van der Waals surface area (Å²) in [5.41, 5.74) is 4.05. The van der Waals surface area contributed by atoms with E-state index in [9.17, 15) is 9.18 Å². The van der Waals surface area contributed by atoms with Gasteiger partial charge in [-0.1, -0.05) is 6.92 Å². The predicted molar refractivity (Wildman–Crippen MR) is 97.3 cm³/mol. The largest absolute Gasteiger partial charge is 0.356 e. The van der Waals surface area contributed by atoms with Gasteiger partial charge in [-0.15, -0.1) is 0 Å². The normalized spacial score (nSPS) is 12.3. The van der Waals surface area contributed by atoms with Crippen molar-refractivity contribution in [2.24, 2.45) is 5.92 Å². The Kier molecular flexibility index (Phi) is 4.83. The number of aryl methyl sites for hydroxylation is 1. The highest BCUT2D eigenvalue weighted by atomic mass is 19.1. The molecule has 4 nitrogen and oxygen atoms in total. The van der Waals surface area contributed by atoms with Crippen molar-refractivity contribution in [2.75, 3.05) is 6.54 Å². The van der Waals surface area contributed by atoms with Crippen LogP contribution in [-0.2, 0) is 11.2 Å². The Morgan fingerprint density at radius 2 is 2.00 bits per heavy atom. The van der Waals surface area contributed by atoms with E-state index in [4.69, 9.17) is 0 Å². The third kappa shape index (κ3) is 3.55. The highest BCUT2D eigenvalue weighted by Gasteiger charge is 2.15. The topological polar surface area (TPSA) is 46.9 Å². The number of fused-ring (bicyclic) bond motifs is 1. The average Bonchev–Trinajstić information content (AvgIpc) is 2.98. The number of halogens is 1. The summed E-state index contributed by atoms with van der Waals surface area (Å²) in [7, 11) is 0. The first-order valence-electron chi connectivity index (χ1n) is 8.50. The molecule has 3 aromatic rings. The lowest BCUT2D eigenvalue weighted by atomic mass is 9.95. The predicted octanol–water partition coefficient (Wildman–Crippen LogP) is 3.79. The van der Waals surface area contributed by atoms with Crippen molar-refractivity contribution >= 4 is 16.8 Å². The number of nitrogens with zero attached hydrogens (tertiary/aromatic N) is 2. The summed E-state index contributed by atoms with van der Waals surface area (Å²) in [4.78, 5) is 12.0. The number of amides is 1. The van der Waals surface area contributed by atoms with Crippen molar-refractivity contribution in [3.8, 4) is 5.69 Å². The lowest BCUT2D eigenvalue weighted by Crippen LogP contribution is -2.30. The molecule has 1 aromatic heterocycles. The third-order valence-corrected chi connectivity index (χ3v) is 4.42. The van der Waals surface area contributed by atoms with Gasteiger partial charge in [0, 0.05) is 17.8 Å². The van der Waals surface area contributed by atoms with Gasteiger partial charge in [-0.3, -0.25) is 4.79 Å². The molecule has 25 heavy (non-hydrogen) atoms. The van der Waals surface area contributed by atoms with Crippen molar-refractivity contribution in [3.05, 3.63) is 59.5 Å². The average molecular weight is 339 g/mol. The zero-order chi connectivity index (χ0) is 18.0. The standard InChI is InChI=1S/C20H22FN3O/c1-4-22-20(25)14(3)9-15-11-16-12-23-24(19(16)10-13(15)2)18-7-5-17(21)6-8-18/h5-8,10-12,14H,4,9H2,1-3H3,(H,22,25). The van der Waals surface area contributed by atoms with Crippen LogP contribution >= 0.6 is 0 Å². The molecular formula is C20H22FN3O. The van der Waals surface area contributed by atoms with E-state index in [0.29, 0.717) is 13.0 Å². The van der Waals surface area contributed by atoms with Gasteiger partial charge in [0.25, 0.3) is 0 Å². The molecule has 0 aliphatic rings. The van der Waals surface area contributed by atoms with Gasteiger partial charge in [0.05, 0.1) is 17.4 Å². The molecule has 0 saturated carbocycles. The maximum Gasteiger partial charge on any atom is 0.223 e. The van der Waals surface area contributed by atoms with Crippen molar-refractivity contribution < 1.29 is 9.18 Å². The molecule has 130 valence electrons. The number of hydrogen-bond donors (Lipinski definition) is 1. The van der Waals surface area contributed by atoms with E-state index in [1.165, 1.54) is 12.1 Å². The molecule has 3 rings (SSSR count). The molecule has 1 heterocycles. The van der Waals surface area contributed by atoms with Crippen LogP contribution in [0.3, 0.4) is 0 Å². The van der Waals surface area contributed by atoms with Gasteiger partial charge in [0.1, 0.15) is 5.82 Å². The quantitative estimate of drug-likeness (QED) is 0.769. The Morgan fingerprint density at radius 1 is 1.28 bits per heavy atom. The third-order valence-electron chi connectivity index (χ3n) is 4.42. The fraction of sp³-hybridized carbons (Fsp3) is 0.300. The second-order valence-corrected chi connectivity index (χ2v) is 6.37. The molecule has 1 unspecified atom stereocenters. The Bertz CT molecular complexity index is 899. The Morgan fingerprint density at radius 3 is 2.68 bits per heavy atom. The Balaban J connectivity index is 1.93. The minimum absolute atomic E-state index is 0.0732. The van der Waals surface area contributed by atoms with Crippen LogP contribution in [0.4, 0.5) is 4.39 Å². The van der Waals surface area contributed by atoms with Crippen LogP contribution in [0.2, 0.25) is 0 Å². The summed E-state index contributed by atoms with van der Waals surface area (Å²) < 4.78 is 14.9. The second-order valence-electron chi connectivity index (χ2n) is 6.37. The lowest BCUT2D eigenvalue weighted by Gasteiger charge is -2.13. The van der Waals surface area contributed by atoms with Gasteiger partial charge in [-0.25, -0.2) is 9.07 Å². The molecule has 1 N–H and O–H groups in total. The van der Waals surface area contributed by atoms with Crippen LogP contribution in [0.5, 0.6) is 0 Å². The number of hydrogen-bond acceptors (Lipinski definition) is 2. The molecule has 2 aromatic carbocycles. The zero-order valence-corrected chi connectivity index (χ0v) is 14.7. The van der Waals surface area contributed by atoms with Crippen LogP contribution in [0.15, 0.2) is 42.6 Å². The molecule has 1 amide bonds. The van der Waals surface area contributed by atoms with Crippen LogP contribution in [0.25, 0.3) is 16.6 Å². The fourth-order valence-corrected chi connectivity index (χ4v) is 3.00. The first kappa shape index (κ1) is 17.1. The zero-order valence-electron chi connectivity index (χ0n) is 14.7. The van der Waals surface area contributed by atoms with Gasteiger partial charge in [0.2, 0.25) is 5.91 Å². The molecule has 1 atom stereocenters. The molecule has 0 aliphatic carbocycles. The molecule has 5 heteroatoms. The van der Waals surface area contributed by atoms with Gasteiger partial charge in [-0.05, 0) is 67.8 Å².